The molecule has 0 heterocycles. The van der Waals surface area contributed by atoms with Crippen LogP contribution in [0.15, 0.2) is 63.7 Å². The molecule has 26 heavy (non-hydrogen) atoms. The second-order valence-electron chi connectivity index (χ2n) is 5.10. The monoisotopic (exact) mass is 387 g/mol. The molecule has 0 saturated heterocycles. The molecule has 0 radical (unpaired) electrons. The quantitative estimate of drug-likeness (QED) is 0.333. The summed E-state index contributed by atoms with van der Waals surface area (Å²) in [4.78, 5) is 1.52. The Morgan fingerprint density at radius 2 is 1.27 bits per heavy atom. The van der Waals surface area contributed by atoms with Crippen LogP contribution >= 0.6 is 0 Å². The average molecular weight is 387 g/mol. The number of aliphatic hydroxyl groups is 2. The average Bonchev–Trinajstić information content (AvgIpc) is 2.60. The molecule has 134 valence electrons. The van der Waals surface area contributed by atoms with E-state index < -0.39 is 10.1 Å². The third-order valence-electron chi connectivity index (χ3n) is 3.36. The zero-order chi connectivity index (χ0) is 18.3. The molecule has 0 aliphatic rings. The van der Waals surface area contributed by atoms with Crippen LogP contribution < -0.4 is 34.5 Å². The molecule has 0 bridgehead atoms. The molecule has 0 fully saturated rings. The Bertz CT molecular complexity index is 805. The maximum Gasteiger partial charge on any atom is 1.00 e. The molecule has 2 rings (SSSR count). The number of hydrogen-bond acceptors (Lipinski definition) is 8. The van der Waals surface area contributed by atoms with Crippen LogP contribution in [0.1, 0.15) is 0 Å². The van der Waals surface area contributed by atoms with Crippen molar-refractivity contribution in [1.82, 2.24) is 0 Å². The van der Waals surface area contributed by atoms with Crippen LogP contribution in [0.3, 0.4) is 0 Å². The predicted octanol–water partition coefficient (Wildman–Crippen LogP) is -1.20. The van der Waals surface area contributed by atoms with Crippen molar-refractivity contribution in [3.63, 3.8) is 0 Å². The minimum Gasteiger partial charge on any atom is -0.744 e. The summed E-state index contributed by atoms with van der Waals surface area (Å²) in [5.74, 6) is 0. The SMILES string of the molecule is O=S(=O)([O-])c1ccc(N=Nc2ccc(N(CCO)CCO)cc2)cc1.[Na+]. The summed E-state index contributed by atoms with van der Waals surface area (Å²) in [6.45, 7) is 0.792. The fourth-order valence-electron chi connectivity index (χ4n) is 2.14. The molecule has 0 atom stereocenters. The Morgan fingerprint density at radius 3 is 1.65 bits per heavy atom. The molecule has 0 unspecified atom stereocenters. The molecule has 0 aliphatic carbocycles. The molecule has 10 heteroatoms. The van der Waals surface area contributed by atoms with E-state index in [0.29, 0.717) is 24.5 Å². The van der Waals surface area contributed by atoms with Crippen molar-refractivity contribution in [2.75, 3.05) is 31.2 Å². The zero-order valence-corrected chi connectivity index (χ0v) is 17.1. The smallest absolute Gasteiger partial charge is 0.744 e. The van der Waals surface area contributed by atoms with Crippen molar-refractivity contribution in [2.24, 2.45) is 10.2 Å². The van der Waals surface area contributed by atoms with Gasteiger partial charge in [0.1, 0.15) is 10.1 Å². The molecule has 2 N–H and O–H groups in total. The number of benzene rings is 2. The Labute approximate surface area is 174 Å². The van der Waals surface area contributed by atoms with Gasteiger partial charge < -0.3 is 19.7 Å². The first kappa shape index (κ1) is 22.7. The number of anilines is 1. The summed E-state index contributed by atoms with van der Waals surface area (Å²) < 4.78 is 32.6. The fraction of sp³-hybridized carbons (Fsp3) is 0.250. The van der Waals surface area contributed by atoms with Gasteiger partial charge in [-0.1, -0.05) is 0 Å². The van der Waals surface area contributed by atoms with Gasteiger partial charge in [-0.15, -0.1) is 0 Å². The molecule has 2 aromatic carbocycles. The molecule has 8 nitrogen and oxygen atoms in total. The molecule has 0 amide bonds. The largest absolute Gasteiger partial charge is 1.00 e. The van der Waals surface area contributed by atoms with Gasteiger partial charge in [-0.25, -0.2) is 8.42 Å². The Hall–Kier alpha value is -1.33. The topological polar surface area (TPSA) is 126 Å². The van der Waals surface area contributed by atoms with Crippen LogP contribution in [0.25, 0.3) is 0 Å². The minimum atomic E-state index is -4.47. The van der Waals surface area contributed by atoms with Crippen molar-refractivity contribution in [3.8, 4) is 0 Å². The van der Waals surface area contributed by atoms with Crippen LogP contribution in [0, 0.1) is 0 Å². The predicted molar refractivity (Wildman–Crippen MR) is 91.4 cm³/mol. The number of hydrogen-bond donors (Lipinski definition) is 2. The van der Waals surface area contributed by atoms with Crippen LogP contribution in [0.5, 0.6) is 0 Å². The van der Waals surface area contributed by atoms with Gasteiger partial charge in [0.25, 0.3) is 0 Å². The van der Waals surface area contributed by atoms with Crippen LogP contribution in [-0.2, 0) is 10.1 Å². The Balaban J connectivity index is 0.00000338. The summed E-state index contributed by atoms with van der Waals surface area (Å²) in [6, 6.07) is 12.2. The normalized spacial score (nSPS) is 11.3. The second kappa shape index (κ2) is 10.7. The molecule has 2 aromatic rings. The van der Waals surface area contributed by atoms with E-state index in [1.165, 1.54) is 24.3 Å². The van der Waals surface area contributed by atoms with E-state index in [0.717, 1.165) is 5.69 Å². The third-order valence-corrected chi connectivity index (χ3v) is 4.21. The van der Waals surface area contributed by atoms with E-state index in [2.05, 4.69) is 10.2 Å². The van der Waals surface area contributed by atoms with Gasteiger partial charge in [0.2, 0.25) is 0 Å². The Kier molecular flexibility index (Phi) is 9.37. The summed E-state index contributed by atoms with van der Waals surface area (Å²) in [6.07, 6.45) is 0. The number of aliphatic hydroxyl groups excluding tert-OH is 2. The van der Waals surface area contributed by atoms with E-state index in [9.17, 15) is 13.0 Å². The summed E-state index contributed by atoms with van der Waals surface area (Å²) in [5, 5.41) is 26.1. The second-order valence-corrected chi connectivity index (χ2v) is 6.48. The minimum absolute atomic E-state index is 0. The van der Waals surface area contributed by atoms with Crippen molar-refractivity contribution in [2.45, 2.75) is 4.90 Å². The fourth-order valence-corrected chi connectivity index (χ4v) is 2.61. The van der Waals surface area contributed by atoms with Gasteiger partial charge in [-0.05, 0) is 48.5 Å². The van der Waals surface area contributed by atoms with E-state index >= 15 is 0 Å². The van der Waals surface area contributed by atoms with Gasteiger partial charge >= 0.3 is 29.6 Å². The van der Waals surface area contributed by atoms with Gasteiger partial charge in [0.05, 0.1) is 29.5 Å². The summed E-state index contributed by atoms with van der Waals surface area (Å²) >= 11 is 0. The van der Waals surface area contributed by atoms with E-state index in [-0.39, 0.29) is 47.7 Å². The first-order valence-electron chi connectivity index (χ1n) is 7.48. The number of azo groups is 1. The molecule has 0 aromatic heterocycles. The Morgan fingerprint density at radius 1 is 0.846 bits per heavy atom. The van der Waals surface area contributed by atoms with Crippen molar-refractivity contribution in [1.29, 1.82) is 0 Å². The van der Waals surface area contributed by atoms with Crippen LogP contribution in [-0.4, -0.2) is 49.5 Å². The molecular weight excluding hydrogens is 369 g/mol. The first-order chi connectivity index (χ1) is 11.9. The van der Waals surface area contributed by atoms with Gasteiger partial charge in [-0.2, -0.15) is 10.2 Å². The van der Waals surface area contributed by atoms with Gasteiger partial charge in [0.15, 0.2) is 0 Å². The molecule has 0 saturated carbocycles. The van der Waals surface area contributed by atoms with Gasteiger partial charge in [0, 0.05) is 18.8 Å². The maximum absolute atomic E-state index is 10.9. The standard InChI is InChI=1S/C16H19N3O5S.Na/c20-11-9-19(10-12-21)15-5-1-13(2-6-15)17-18-14-3-7-16(8-4-14)25(22,23)24;/h1-8,20-21H,9-12H2,(H,22,23,24);/q;+1/p-1. The maximum atomic E-state index is 10.9. The number of rotatable bonds is 8. The first-order valence-corrected chi connectivity index (χ1v) is 8.89. The molecular formula is C16H18N3NaO5S. The molecule has 0 spiro atoms. The van der Waals surface area contributed by atoms with Crippen molar-refractivity contribution < 1.29 is 52.7 Å². The van der Waals surface area contributed by atoms with Crippen LogP contribution in [0.2, 0.25) is 0 Å². The van der Waals surface area contributed by atoms with Crippen molar-refractivity contribution >= 4 is 27.2 Å². The van der Waals surface area contributed by atoms with E-state index in [4.69, 9.17) is 10.2 Å². The summed E-state index contributed by atoms with van der Waals surface area (Å²) in [5.41, 5.74) is 1.84. The zero-order valence-electron chi connectivity index (χ0n) is 14.3. The van der Waals surface area contributed by atoms with E-state index in [1.807, 2.05) is 4.90 Å². The van der Waals surface area contributed by atoms with Crippen LogP contribution in [0.4, 0.5) is 17.1 Å². The molecule has 0 aliphatic heterocycles. The van der Waals surface area contributed by atoms with Gasteiger partial charge in [-0.3, -0.25) is 0 Å². The number of nitrogens with zero attached hydrogens (tertiary/aromatic N) is 3. The summed E-state index contributed by atoms with van der Waals surface area (Å²) in [7, 11) is -4.47. The van der Waals surface area contributed by atoms with Crippen molar-refractivity contribution in [3.05, 3.63) is 48.5 Å². The third kappa shape index (κ3) is 6.76. The van der Waals surface area contributed by atoms with E-state index in [1.54, 1.807) is 24.3 Å².